The first-order valence-corrected chi connectivity index (χ1v) is 2.95. The Morgan fingerprint density at radius 1 is 1.86 bits per heavy atom. The minimum Gasteiger partial charge on any atom is -0.478 e. The summed E-state index contributed by atoms with van der Waals surface area (Å²) in [6.07, 6.45) is 1.73. The third-order valence-electron chi connectivity index (χ3n) is 0.373. The van der Waals surface area contributed by atoms with Gasteiger partial charge in [-0.05, 0) is 6.92 Å². The topological polar surface area (TPSA) is 37.3 Å². The highest BCUT2D eigenvalue weighted by molar-refractivity contribution is 7.60. The van der Waals surface area contributed by atoms with Crippen molar-refractivity contribution < 1.29 is 9.90 Å². The zero-order valence-corrected chi connectivity index (χ0v) is 5.01. The van der Waals surface area contributed by atoms with Crippen LogP contribution < -0.4 is 0 Å². The summed E-state index contributed by atoms with van der Waals surface area (Å²) in [5.41, 5.74) is -0.752. The van der Waals surface area contributed by atoms with Crippen LogP contribution in [0.2, 0.25) is 0 Å². The van der Waals surface area contributed by atoms with Gasteiger partial charge in [0, 0.05) is 8.58 Å². The summed E-state index contributed by atoms with van der Waals surface area (Å²) < 4.78 is 0. The van der Waals surface area contributed by atoms with Gasteiger partial charge in [-0.1, -0.05) is 11.9 Å². The van der Waals surface area contributed by atoms with Gasteiger partial charge in [-0.3, -0.25) is 0 Å². The van der Waals surface area contributed by atoms with E-state index in [1.165, 1.54) is 0 Å². The van der Waals surface area contributed by atoms with Crippen LogP contribution in [-0.4, -0.2) is 10.8 Å². The summed E-state index contributed by atoms with van der Waals surface area (Å²) in [6, 6.07) is 0. The summed E-state index contributed by atoms with van der Waals surface area (Å²) >= 11 is 0. The van der Waals surface area contributed by atoms with Gasteiger partial charge in [0.25, 0.3) is 0 Å². The lowest BCUT2D eigenvalue weighted by molar-refractivity contribution is 0.221. The van der Waals surface area contributed by atoms with Crippen molar-refractivity contribution in [1.82, 2.24) is 0 Å². The molecule has 0 aliphatic carbocycles. The Morgan fingerprint density at radius 3 is 2.57 bits per heavy atom. The Balaban J connectivity index is 3.14. The fourth-order valence-electron chi connectivity index (χ4n) is 0.155. The van der Waals surface area contributed by atoms with Crippen LogP contribution in [0.4, 0.5) is 4.79 Å². The molecular formula is C4H7O2P. The largest absolute Gasteiger partial charge is 0.478 e. The van der Waals surface area contributed by atoms with Crippen LogP contribution in [0, 0.1) is 0 Å². The maximum Gasteiger partial charge on any atom is 0.324 e. The third-order valence-corrected chi connectivity index (χ3v) is 1.12. The van der Waals surface area contributed by atoms with Crippen molar-refractivity contribution in [3.05, 3.63) is 11.9 Å². The minimum absolute atomic E-state index is 0.0752. The molecule has 0 bridgehead atoms. The Kier molecular flexibility index (Phi) is 3.62. The molecule has 1 N–H and O–H groups in total. The lowest BCUT2D eigenvalue weighted by Gasteiger charge is -1.77. The molecule has 0 saturated heterocycles. The zero-order chi connectivity index (χ0) is 5.70. The summed E-state index contributed by atoms with van der Waals surface area (Å²) in [7, 11) is -0.0752. The highest BCUT2D eigenvalue weighted by atomic mass is 31.1. The number of hydrogen-bond acceptors (Lipinski definition) is 1. The molecule has 0 heterocycles. The molecule has 0 rings (SSSR count). The average molecular weight is 118 g/mol. The van der Waals surface area contributed by atoms with E-state index < -0.39 is 5.71 Å². The fraction of sp³-hybridized carbons (Fsp3) is 0.250. The highest BCUT2D eigenvalue weighted by Crippen LogP contribution is 2.10. The van der Waals surface area contributed by atoms with Gasteiger partial charge < -0.3 is 5.11 Å². The number of carboxylic acid groups (broad SMARTS) is 1. The van der Waals surface area contributed by atoms with Crippen LogP contribution in [0.5, 0.6) is 0 Å². The quantitative estimate of drug-likeness (QED) is 0.562. The van der Waals surface area contributed by atoms with E-state index in [9.17, 15) is 4.79 Å². The van der Waals surface area contributed by atoms with E-state index in [1.54, 1.807) is 18.8 Å². The van der Waals surface area contributed by atoms with Gasteiger partial charge in [0.1, 0.15) is 0 Å². The lowest BCUT2D eigenvalue weighted by Crippen LogP contribution is -1.72. The van der Waals surface area contributed by atoms with Gasteiger partial charge in [0.15, 0.2) is 0 Å². The maximum absolute atomic E-state index is 9.72. The van der Waals surface area contributed by atoms with Crippen LogP contribution in [0.15, 0.2) is 11.9 Å². The van der Waals surface area contributed by atoms with E-state index >= 15 is 0 Å². The first kappa shape index (κ1) is 6.64. The van der Waals surface area contributed by atoms with Crippen LogP contribution in [0.3, 0.4) is 0 Å². The van der Waals surface area contributed by atoms with E-state index in [0.29, 0.717) is 0 Å². The third kappa shape index (κ3) is 5.64. The van der Waals surface area contributed by atoms with E-state index in [-0.39, 0.29) is 8.58 Å². The summed E-state index contributed by atoms with van der Waals surface area (Å²) in [4.78, 5) is 9.72. The molecule has 0 aromatic carbocycles. The van der Waals surface area contributed by atoms with Crippen molar-refractivity contribution in [2.45, 2.75) is 6.92 Å². The van der Waals surface area contributed by atoms with Crippen LogP contribution >= 0.6 is 8.58 Å². The van der Waals surface area contributed by atoms with Crippen molar-refractivity contribution in [2.75, 3.05) is 0 Å². The molecule has 0 spiro atoms. The first-order valence-electron chi connectivity index (χ1n) is 1.88. The standard InChI is InChI=1S/C4H7O2P/c1-2-3-7-4(5)6/h2-3,7H,1H3,(H,5,6). The molecule has 0 aromatic rings. The van der Waals surface area contributed by atoms with E-state index in [0.717, 1.165) is 0 Å². The van der Waals surface area contributed by atoms with Gasteiger partial charge in [0.2, 0.25) is 0 Å². The van der Waals surface area contributed by atoms with Gasteiger partial charge in [-0.25, -0.2) is 4.79 Å². The zero-order valence-electron chi connectivity index (χ0n) is 4.01. The first-order chi connectivity index (χ1) is 3.27. The number of hydrogen-bond donors (Lipinski definition) is 1. The molecule has 0 aliphatic rings. The second-order valence-electron chi connectivity index (χ2n) is 0.949. The smallest absolute Gasteiger partial charge is 0.324 e. The monoisotopic (exact) mass is 118 g/mol. The fourth-order valence-corrected chi connectivity index (χ4v) is 0.464. The van der Waals surface area contributed by atoms with Gasteiger partial charge in [-0.2, -0.15) is 0 Å². The Bertz CT molecular complexity index is 87.7. The SMILES string of the molecule is CC=CPC(=O)O. The minimum atomic E-state index is -0.752. The molecule has 0 fully saturated rings. The molecule has 2 nitrogen and oxygen atoms in total. The second kappa shape index (κ2) is 3.82. The van der Waals surface area contributed by atoms with E-state index in [2.05, 4.69) is 0 Å². The Morgan fingerprint density at radius 2 is 2.43 bits per heavy atom. The summed E-state index contributed by atoms with van der Waals surface area (Å²) in [5, 5.41) is 8.01. The number of carbonyl (C=O) groups is 1. The molecule has 0 amide bonds. The van der Waals surface area contributed by atoms with Crippen molar-refractivity contribution >= 4 is 14.3 Å². The van der Waals surface area contributed by atoms with E-state index in [1.807, 2.05) is 0 Å². The molecule has 40 valence electrons. The van der Waals surface area contributed by atoms with E-state index in [4.69, 9.17) is 5.11 Å². The number of rotatable bonds is 2. The van der Waals surface area contributed by atoms with Crippen LogP contribution in [-0.2, 0) is 0 Å². The molecule has 0 saturated carbocycles. The van der Waals surface area contributed by atoms with Crippen molar-refractivity contribution in [1.29, 1.82) is 0 Å². The normalized spacial score (nSPS) is 11.6. The maximum atomic E-state index is 9.72. The molecule has 0 aliphatic heterocycles. The van der Waals surface area contributed by atoms with Gasteiger partial charge in [-0.15, -0.1) is 0 Å². The molecule has 1 unspecified atom stereocenters. The molecular weight excluding hydrogens is 111 g/mol. The molecule has 3 heteroatoms. The number of allylic oxidation sites excluding steroid dienone is 1. The summed E-state index contributed by atoms with van der Waals surface area (Å²) in [6.45, 7) is 1.80. The predicted octanol–water partition coefficient (Wildman–Crippen LogP) is 1.88. The Labute approximate surface area is 44.0 Å². The van der Waals surface area contributed by atoms with Crippen LogP contribution in [0.1, 0.15) is 6.92 Å². The predicted molar refractivity (Wildman–Crippen MR) is 31.2 cm³/mol. The van der Waals surface area contributed by atoms with Gasteiger partial charge in [0.05, 0.1) is 0 Å². The van der Waals surface area contributed by atoms with Crippen molar-refractivity contribution in [3.8, 4) is 0 Å². The van der Waals surface area contributed by atoms with Crippen LogP contribution in [0.25, 0.3) is 0 Å². The Hall–Kier alpha value is -0.360. The van der Waals surface area contributed by atoms with Crippen molar-refractivity contribution in [2.24, 2.45) is 0 Å². The molecule has 7 heavy (non-hydrogen) atoms. The molecule has 0 radical (unpaired) electrons. The van der Waals surface area contributed by atoms with Gasteiger partial charge >= 0.3 is 5.71 Å². The highest BCUT2D eigenvalue weighted by Gasteiger charge is 1.85. The second-order valence-corrected chi connectivity index (χ2v) is 2.00. The molecule has 1 atom stereocenters. The van der Waals surface area contributed by atoms with Crippen molar-refractivity contribution in [3.63, 3.8) is 0 Å². The lowest BCUT2D eigenvalue weighted by atomic mass is 10.8. The molecule has 0 aromatic heterocycles. The summed E-state index contributed by atoms with van der Waals surface area (Å²) in [5.74, 6) is 1.63. The average Bonchev–Trinajstić information content (AvgIpc) is 1.61.